The van der Waals surface area contributed by atoms with Crippen LogP contribution in [0, 0.1) is 12.8 Å². The van der Waals surface area contributed by atoms with E-state index >= 15 is 0 Å². The molecule has 0 radical (unpaired) electrons. The van der Waals surface area contributed by atoms with E-state index in [1.54, 1.807) is 6.07 Å². The lowest BCUT2D eigenvalue weighted by Gasteiger charge is -2.30. The van der Waals surface area contributed by atoms with Crippen LogP contribution in [0.3, 0.4) is 0 Å². The Hall–Kier alpha value is -2.43. The quantitative estimate of drug-likeness (QED) is 0.871. The Morgan fingerprint density at radius 1 is 1.17 bits per heavy atom. The molecule has 1 amide bonds. The van der Waals surface area contributed by atoms with Gasteiger partial charge in [-0.05, 0) is 37.3 Å². The molecule has 1 fully saturated rings. The molecule has 1 aliphatic rings. The van der Waals surface area contributed by atoms with Crippen molar-refractivity contribution in [3.8, 4) is 11.3 Å². The Kier molecular flexibility index (Phi) is 4.79. The number of aromatic nitrogens is 2. The zero-order valence-electron chi connectivity index (χ0n) is 14.2. The summed E-state index contributed by atoms with van der Waals surface area (Å²) >= 11 is 0. The predicted molar refractivity (Wildman–Crippen MR) is 93.6 cm³/mol. The molecule has 3 rings (SSSR count). The number of amides is 1. The maximum atomic E-state index is 12.5. The molecule has 5 nitrogen and oxygen atoms in total. The first-order chi connectivity index (χ1) is 11.5. The number of benzene rings is 1. The van der Waals surface area contributed by atoms with Crippen molar-refractivity contribution >= 4 is 5.91 Å². The van der Waals surface area contributed by atoms with Gasteiger partial charge in [0.1, 0.15) is 6.54 Å². The van der Waals surface area contributed by atoms with E-state index in [0.29, 0.717) is 11.6 Å². The minimum absolute atomic E-state index is 0.00688. The van der Waals surface area contributed by atoms with Crippen LogP contribution in [0.15, 0.2) is 41.2 Å². The van der Waals surface area contributed by atoms with Crippen molar-refractivity contribution in [2.75, 3.05) is 13.1 Å². The number of piperidine rings is 1. The summed E-state index contributed by atoms with van der Waals surface area (Å²) in [7, 11) is 0. The fraction of sp³-hybridized carbons (Fsp3) is 0.421. The van der Waals surface area contributed by atoms with Gasteiger partial charge in [-0.1, -0.05) is 31.2 Å². The first-order valence-corrected chi connectivity index (χ1v) is 8.46. The van der Waals surface area contributed by atoms with Crippen molar-refractivity contribution in [2.45, 2.75) is 33.2 Å². The van der Waals surface area contributed by atoms with Crippen LogP contribution in [0.25, 0.3) is 11.3 Å². The normalized spacial score (nSPS) is 15.5. The van der Waals surface area contributed by atoms with Crippen LogP contribution in [0.2, 0.25) is 0 Å². The van der Waals surface area contributed by atoms with Crippen LogP contribution >= 0.6 is 0 Å². The molecule has 0 N–H and O–H groups in total. The van der Waals surface area contributed by atoms with Gasteiger partial charge in [-0.3, -0.25) is 9.59 Å². The van der Waals surface area contributed by atoms with E-state index in [0.717, 1.165) is 37.1 Å². The molecule has 0 saturated carbocycles. The first kappa shape index (κ1) is 16.4. The summed E-state index contributed by atoms with van der Waals surface area (Å²) in [6.07, 6.45) is 2.05. The maximum absolute atomic E-state index is 12.5. The maximum Gasteiger partial charge on any atom is 0.267 e. The number of carbonyl (C=O) groups is 1. The van der Waals surface area contributed by atoms with Gasteiger partial charge in [0, 0.05) is 24.7 Å². The molecule has 1 aromatic carbocycles. The zero-order valence-corrected chi connectivity index (χ0v) is 14.2. The SMILES string of the molecule is Cc1ccccc1-c1ccc(=O)n(CC(=O)N2CCC(C)CC2)n1. The highest BCUT2D eigenvalue weighted by molar-refractivity contribution is 5.76. The number of hydrogen-bond acceptors (Lipinski definition) is 3. The average molecular weight is 325 g/mol. The topological polar surface area (TPSA) is 55.2 Å². The van der Waals surface area contributed by atoms with Gasteiger partial charge < -0.3 is 4.90 Å². The Bertz CT molecular complexity index is 789. The van der Waals surface area contributed by atoms with E-state index < -0.39 is 0 Å². The van der Waals surface area contributed by atoms with Crippen molar-refractivity contribution in [1.82, 2.24) is 14.7 Å². The summed E-state index contributed by atoms with van der Waals surface area (Å²) in [6, 6.07) is 11.1. The molecule has 0 bridgehead atoms. The molecule has 0 aliphatic carbocycles. The van der Waals surface area contributed by atoms with Crippen LogP contribution in [0.1, 0.15) is 25.3 Å². The number of nitrogens with zero attached hydrogens (tertiary/aromatic N) is 3. The van der Waals surface area contributed by atoms with Gasteiger partial charge >= 0.3 is 0 Å². The summed E-state index contributed by atoms with van der Waals surface area (Å²) in [4.78, 5) is 26.4. The second-order valence-electron chi connectivity index (χ2n) is 6.59. The summed E-state index contributed by atoms with van der Waals surface area (Å²) < 4.78 is 1.28. The van der Waals surface area contributed by atoms with E-state index in [2.05, 4.69) is 12.0 Å². The highest BCUT2D eigenvalue weighted by Gasteiger charge is 2.21. The molecule has 1 aliphatic heterocycles. The fourth-order valence-corrected chi connectivity index (χ4v) is 3.05. The Balaban J connectivity index is 1.81. The minimum atomic E-state index is -0.244. The lowest BCUT2D eigenvalue weighted by Crippen LogP contribution is -2.41. The van der Waals surface area contributed by atoms with Gasteiger partial charge in [-0.15, -0.1) is 0 Å². The van der Waals surface area contributed by atoms with Crippen molar-refractivity contribution in [2.24, 2.45) is 5.92 Å². The minimum Gasteiger partial charge on any atom is -0.341 e. The number of rotatable bonds is 3. The molecule has 1 aromatic heterocycles. The van der Waals surface area contributed by atoms with E-state index in [4.69, 9.17) is 0 Å². The van der Waals surface area contributed by atoms with Gasteiger partial charge in [0.15, 0.2) is 0 Å². The molecular weight excluding hydrogens is 302 g/mol. The Morgan fingerprint density at radius 3 is 2.58 bits per heavy atom. The molecule has 0 atom stereocenters. The fourth-order valence-electron chi connectivity index (χ4n) is 3.05. The highest BCUT2D eigenvalue weighted by Crippen LogP contribution is 2.20. The summed E-state index contributed by atoms with van der Waals surface area (Å²) in [6.45, 7) is 5.76. The third-order valence-corrected chi connectivity index (χ3v) is 4.71. The number of carbonyl (C=O) groups excluding carboxylic acids is 1. The summed E-state index contributed by atoms with van der Waals surface area (Å²) in [5.74, 6) is 0.637. The van der Waals surface area contributed by atoms with Gasteiger partial charge in [-0.25, -0.2) is 4.68 Å². The van der Waals surface area contributed by atoms with Crippen LogP contribution in [-0.4, -0.2) is 33.7 Å². The van der Waals surface area contributed by atoms with Crippen molar-refractivity contribution in [1.29, 1.82) is 0 Å². The Labute approximate surface area is 141 Å². The molecule has 2 aromatic rings. The van der Waals surface area contributed by atoms with Crippen LogP contribution < -0.4 is 5.56 Å². The average Bonchev–Trinajstić information content (AvgIpc) is 2.58. The molecule has 24 heavy (non-hydrogen) atoms. The second-order valence-corrected chi connectivity index (χ2v) is 6.59. The highest BCUT2D eigenvalue weighted by atomic mass is 16.2. The number of hydrogen-bond donors (Lipinski definition) is 0. The third-order valence-electron chi connectivity index (χ3n) is 4.71. The van der Waals surface area contributed by atoms with E-state index in [1.165, 1.54) is 10.7 Å². The van der Waals surface area contributed by atoms with Crippen molar-refractivity contribution < 1.29 is 4.79 Å². The van der Waals surface area contributed by atoms with Crippen LogP contribution in [-0.2, 0) is 11.3 Å². The molecule has 0 unspecified atom stereocenters. The smallest absolute Gasteiger partial charge is 0.267 e. The van der Waals surface area contributed by atoms with Gasteiger partial charge in [0.05, 0.1) is 5.69 Å². The molecule has 5 heteroatoms. The summed E-state index contributed by atoms with van der Waals surface area (Å²) in [5, 5.41) is 4.41. The second kappa shape index (κ2) is 6.99. The molecule has 126 valence electrons. The predicted octanol–water partition coefficient (Wildman–Crippen LogP) is 2.48. The number of likely N-dealkylation sites (tertiary alicyclic amines) is 1. The first-order valence-electron chi connectivity index (χ1n) is 8.46. The Morgan fingerprint density at radius 2 is 1.88 bits per heavy atom. The van der Waals surface area contributed by atoms with E-state index in [9.17, 15) is 9.59 Å². The van der Waals surface area contributed by atoms with Crippen molar-refractivity contribution in [3.05, 3.63) is 52.3 Å². The van der Waals surface area contributed by atoms with Crippen molar-refractivity contribution in [3.63, 3.8) is 0 Å². The molecule has 0 spiro atoms. The number of aryl methyl sites for hydroxylation is 1. The lowest BCUT2D eigenvalue weighted by molar-refractivity contribution is -0.133. The van der Waals surface area contributed by atoms with Gasteiger partial charge in [0.25, 0.3) is 5.56 Å². The largest absolute Gasteiger partial charge is 0.341 e. The molecular formula is C19H23N3O2. The summed E-state index contributed by atoms with van der Waals surface area (Å²) in [5.41, 5.74) is 2.54. The zero-order chi connectivity index (χ0) is 17.1. The lowest BCUT2D eigenvalue weighted by atomic mass is 9.99. The third kappa shape index (κ3) is 3.55. The van der Waals surface area contributed by atoms with E-state index in [1.807, 2.05) is 36.1 Å². The standard InChI is InChI=1S/C19H23N3O2/c1-14-9-11-21(12-10-14)19(24)13-22-18(23)8-7-17(20-22)16-6-4-3-5-15(16)2/h3-8,14H,9-13H2,1-2H3. The van der Waals surface area contributed by atoms with Gasteiger partial charge in [0.2, 0.25) is 5.91 Å². The molecule has 2 heterocycles. The monoisotopic (exact) mass is 325 g/mol. The van der Waals surface area contributed by atoms with Crippen LogP contribution in [0.4, 0.5) is 0 Å². The van der Waals surface area contributed by atoms with Crippen LogP contribution in [0.5, 0.6) is 0 Å². The van der Waals surface area contributed by atoms with E-state index in [-0.39, 0.29) is 18.0 Å². The van der Waals surface area contributed by atoms with Gasteiger partial charge in [-0.2, -0.15) is 5.10 Å². The molecule has 1 saturated heterocycles.